The molecule has 1 fully saturated rings. The van der Waals surface area contributed by atoms with E-state index in [1.54, 1.807) is 6.92 Å². The first-order valence-corrected chi connectivity index (χ1v) is 8.25. The molecule has 2 heterocycles. The predicted octanol–water partition coefficient (Wildman–Crippen LogP) is 1.94. The number of benzene rings is 1. The first-order valence-electron chi connectivity index (χ1n) is 7.37. The third kappa shape index (κ3) is 3.07. The van der Waals surface area contributed by atoms with Crippen LogP contribution in [-0.4, -0.2) is 39.3 Å². The Morgan fingerprint density at radius 2 is 1.96 bits per heavy atom. The van der Waals surface area contributed by atoms with Crippen molar-refractivity contribution in [1.29, 1.82) is 0 Å². The maximum absolute atomic E-state index is 13.0. The summed E-state index contributed by atoms with van der Waals surface area (Å²) in [5.74, 6) is -3.12. The minimum absolute atomic E-state index is 0.0370. The zero-order valence-corrected chi connectivity index (χ0v) is 14.1. The molecule has 0 spiro atoms. The maximum atomic E-state index is 13.0. The molecule has 132 valence electrons. The number of β-lactam (4-membered cyclic amide) rings is 1. The van der Waals surface area contributed by atoms with Gasteiger partial charge in [0.2, 0.25) is 5.91 Å². The van der Waals surface area contributed by atoms with Crippen LogP contribution in [0.4, 0.5) is 4.39 Å². The summed E-state index contributed by atoms with van der Waals surface area (Å²) in [5, 5.41) is 8.94. The number of rotatable bonds is 5. The maximum Gasteiger partial charge on any atom is 0.357 e. The minimum atomic E-state index is -1.31. The molecule has 1 aromatic carbocycles. The number of nitrogens with zero attached hydrogens (tertiary/aromatic N) is 1. The molecule has 2 aliphatic rings. The van der Waals surface area contributed by atoms with Gasteiger partial charge in [-0.2, -0.15) is 0 Å². The number of carboxylic acids is 1. The van der Waals surface area contributed by atoms with E-state index in [2.05, 4.69) is 0 Å². The van der Waals surface area contributed by atoms with Gasteiger partial charge < -0.3 is 14.6 Å². The van der Waals surface area contributed by atoms with E-state index < -0.39 is 41.1 Å². The molecule has 1 amide bonds. The number of ether oxygens (including phenoxy) is 2. The van der Waals surface area contributed by atoms with Gasteiger partial charge in [0.15, 0.2) is 10.8 Å². The summed E-state index contributed by atoms with van der Waals surface area (Å²) in [6.45, 7) is 2.82. The van der Waals surface area contributed by atoms with Gasteiger partial charge in [-0.25, -0.2) is 9.18 Å². The van der Waals surface area contributed by atoms with Crippen LogP contribution in [0.15, 0.2) is 35.1 Å². The Kier molecular flexibility index (Phi) is 4.42. The molecule has 7 nitrogen and oxygen atoms in total. The van der Waals surface area contributed by atoms with Crippen molar-refractivity contribution in [3.05, 3.63) is 40.9 Å². The molecule has 1 aromatic rings. The molecule has 0 bridgehead atoms. The van der Waals surface area contributed by atoms with Gasteiger partial charge in [0, 0.05) is 6.92 Å². The number of halogens is 1. The van der Waals surface area contributed by atoms with Crippen molar-refractivity contribution in [2.75, 3.05) is 0 Å². The van der Waals surface area contributed by atoms with Crippen molar-refractivity contribution < 1.29 is 33.4 Å². The van der Waals surface area contributed by atoms with Crippen LogP contribution in [-0.2, 0) is 19.1 Å². The molecule has 3 rings (SSSR count). The quantitative estimate of drug-likeness (QED) is 0.628. The van der Waals surface area contributed by atoms with Crippen LogP contribution in [0.5, 0.6) is 5.75 Å². The summed E-state index contributed by atoms with van der Waals surface area (Å²) >= 11 is 1.06. The van der Waals surface area contributed by atoms with Gasteiger partial charge in [-0.3, -0.25) is 14.5 Å². The molecule has 0 unspecified atom stereocenters. The fraction of sp³-hybridized carbons (Fsp3) is 0.312. The van der Waals surface area contributed by atoms with Gasteiger partial charge >= 0.3 is 11.9 Å². The summed E-state index contributed by atoms with van der Waals surface area (Å²) in [7, 11) is 0. The summed E-state index contributed by atoms with van der Waals surface area (Å²) in [6.07, 6.45) is -0.682. The van der Waals surface area contributed by atoms with Crippen LogP contribution in [0.2, 0.25) is 0 Å². The van der Waals surface area contributed by atoms with Crippen molar-refractivity contribution in [1.82, 2.24) is 4.90 Å². The highest BCUT2D eigenvalue weighted by molar-refractivity contribution is 8.03. The van der Waals surface area contributed by atoms with E-state index in [0.29, 0.717) is 0 Å². The van der Waals surface area contributed by atoms with Crippen LogP contribution in [0, 0.1) is 11.7 Å². The summed E-state index contributed by atoms with van der Waals surface area (Å²) in [4.78, 5) is 36.1. The monoisotopic (exact) mass is 367 g/mol. The Labute approximate surface area is 146 Å². The normalized spacial score (nSPS) is 23.0. The molecular weight excluding hydrogens is 353 g/mol. The van der Waals surface area contributed by atoms with Gasteiger partial charge in [0.05, 0.1) is 0 Å². The van der Waals surface area contributed by atoms with Crippen LogP contribution in [0.3, 0.4) is 0 Å². The number of esters is 1. The first kappa shape index (κ1) is 17.3. The SMILES string of the molecule is CC(=O)O[C@H](C)[C@H]1C(=O)N2C(C(=O)O)=C(Oc3ccc(F)cc3)S[C@H]12. The molecule has 0 saturated carbocycles. The largest absolute Gasteiger partial charge is 0.476 e. The van der Waals surface area contributed by atoms with Gasteiger partial charge in [0.1, 0.15) is 29.0 Å². The number of carbonyl (C=O) groups is 3. The number of carbonyl (C=O) groups excluding carboxylic acids is 2. The van der Waals surface area contributed by atoms with Crippen LogP contribution in [0.1, 0.15) is 13.8 Å². The third-order valence-electron chi connectivity index (χ3n) is 3.83. The number of carboxylic acid groups (broad SMARTS) is 1. The lowest BCUT2D eigenvalue weighted by Gasteiger charge is -2.43. The fourth-order valence-corrected chi connectivity index (χ4v) is 4.21. The lowest BCUT2D eigenvalue weighted by Crippen LogP contribution is -2.61. The van der Waals surface area contributed by atoms with E-state index in [0.717, 1.165) is 16.7 Å². The lowest BCUT2D eigenvalue weighted by molar-refractivity contribution is -0.165. The van der Waals surface area contributed by atoms with Gasteiger partial charge in [0.25, 0.3) is 0 Å². The number of hydrogen-bond acceptors (Lipinski definition) is 6. The summed E-state index contributed by atoms with van der Waals surface area (Å²) < 4.78 is 23.6. The van der Waals surface area contributed by atoms with Crippen molar-refractivity contribution in [2.45, 2.75) is 25.3 Å². The van der Waals surface area contributed by atoms with Gasteiger partial charge in [-0.05, 0) is 31.2 Å². The topological polar surface area (TPSA) is 93.1 Å². The van der Waals surface area contributed by atoms with Crippen LogP contribution < -0.4 is 4.74 Å². The van der Waals surface area contributed by atoms with E-state index in [-0.39, 0.29) is 16.5 Å². The van der Waals surface area contributed by atoms with Gasteiger partial charge in [-0.15, -0.1) is 0 Å². The van der Waals surface area contributed by atoms with E-state index in [1.807, 2.05) is 0 Å². The number of hydrogen-bond donors (Lipinski definition) is 1. The lowest BCUT2D eigenvalue weighted by atomic mass is 9.92. The van der Waals surface area contributed by atoms with E-state index in [9.17, 15) is 23.9 Å². The number of amides is 1. The average molecular weight is 367 g/mol. The Bertz CT molecular complexity index is 777. The highest BCUT2D eigenvalue weighted by Crippen LogP contribution is 2.51. The van der Waals surface area contributed by atoms with E-state index >= 15 is 0 Å². The molecular formula is C16H14FNO6S. The third-order valence-corrected chi connectivity index (χ3v) is 5.07. The summed E-state index contributed by atoms with van der Waals surface area (Å²) in [6, 6.07) is 5.08. The first-order chi connectivity index (χ1) is 11.8. The average Bonchev–Trinajstić information content (AvgIpc) is 2.83. The van der Waals surface area contributed by atoms with Crippen LogP contribution >= 0.6 is 11.8 Å². The molecule has 1 saturated heterocycles. The molecule has 1 N–H and O–H groups in total. The number of aliphatic carboxylic acids is 1. The Morgan fingerprint density at radius 3 is 2.52 bits per heavy atom. The second-order valence-corrected chi connectivity index (χ2v) is 6.64. The Balaban J connectivity index is 1.82. The van der Waals surface area contributed by atoms with Crippen molar-refractivity contribution in [3.8, 4) is 5.75 Å². The van der Waals surface area contributed by atoms with Crippen LogP contribution in [0.25, 0.3) is 0 Å². The minimum Gasteiger partial charge on any atom is -0.476 e. The predicted molar refractivity (Wildman–Crippen MR) is 84.6 cm³/mol. The van der Waals surface area contributed by atoms with Crippen molar-refractivity contribution in [2.24, 2.45) is 5.92 Å². The molecule has 3 atom stereocenters. The fourth-order valence-electron chi connectivity index (χ4n) is 2.75. The number of fused-ring (bicyclic) bond motifs is 1. The second kappa shape index (κ2) is 6.40. The zero-order chi connectivity index (χ0) is 18.3. The molecule has 0 radical (unpaired) electrons. The smallest absolute Gasteiger partial charge is 0.357 e. The van der Waals surface area contributed by atoms with Crippen molar-refractivity contribution >= 4 is 29.6 Å². The standard InChI is InChI=1S/C16H14FNO6S/c1-7(23-8(2)19)11-13(20)18-12(15(21)22)16(25-14(11)18)24-10-5-3-9(17)4-6-10/h3-7,11,14H,1-2H3,(H,21,22)/t7-,11+,14-/m1/s1. The highest BCUT2D eigenvalue weighted by atomic mass is 32.2. The summed E-state index contributed by atoms with van der Waals surface area (Å²) in [5.41, 5.74) is -0.268. The van der Waals surface area contributed by atoms with Crippen molar-refractivity contribution in [3.63, 3.8) is 0 Å². The van der Waals surface area contributed by atoms with Gasteiger partial charge in [-0.1, -0.05) is 11.8 Å². The van der Waals surface area contributed by atoms with E-state index in [4.69, 9.17) is 9.47 Å². The molecule has 0 aromatic heterocycles. The Hall–Kier alpha value is -2.55. The second-order valence-electron chi connectivity index (χ2n) is 5.55. The van der Waals surface area contributed by atoms with E-state index in [1.165, 1.54) is 31.2 Å². The Morgan fingerprint density at radius 1 is 1.32 bits per heavy atom. The molecule has 9 heteroatoms. The zero-order valence-electron chi connectivity index (χ0n) is 13.3. The highest BCUT2D eigenvalue weighted by Gasteiger charge is 2.59. The molecule has 0 aliphatic carbocycles. The number of thioether (sulfide) groups is 1. The molecule has 2 aliphatic heterocycles. The molecule has 25 heavy (non-hydrogen) atoms.